The van der Waals surface area contributed by atoms with E-state index >= 15 is 0 Å². The Balaban J connectivity index is 1.30. The average molecular weight is 377 g/mol. The summed E-state index contributed by atoms with van der Waals surface area (Å²) in [6.45, 7) is 6.30. The number of aromatic nitrogens is 1. The van der Waals surface area contributed by atoms with Crippen LogP contribution in [-0.4, -0.2) is 47.7 Å². The van der Waals surface area contributed by atoms with Gasteiger partial charge in [-0.15, -0.1) is 0 Å². The van der Waals surface area contributed by atoms with E-state index < -0.39 is 0 Å². The maximum Gasteiger partial charge on any atom is 0.240 e. The van der Waals surface area contributed by atoms with Crippen molar-refractivity contribution in [2.45, 2.75) is 26.1 Å². The van der Waals surface area contributed by atoms with Gasteiger partial charge in [-0.1, -0.05) is 48.5 Å². The van der Waals surface area contributed by atoms with Gasteiger partial charge in [-0.25, -0.2) is 0 Å². The van der Waals surface area contributed by atoms with E-state index in [1.165, 1.54) is 10.9 Å². The third kappa shape index (κ3) is 4.43. The molecule has 0 aliphatic carbocycles. The number of carbonyl (C=O) groups is 1. The van der Waals surface area contributed by atoms with Crippen molar-refractivity contribution in [1.82, 2.24) is 14.8 Å². The van der Waals surface area contributed by atoms with Gasteiger partial charge < -0.3 is 14.6 Å². The summed E-state index contributed by atoms with van der Waals surface area (Å²) in [7, 11) is 0. The van der Waals surface area contributed by atoms with Gasteiger partial charge in [0.1, 0.15) is 6.54 Å². The molecule has 1 atom stereocenters. The van der Waals surface area contributed by atoms with Crippen molar-refractivity contribution < 1.29 is 9.53 Å². The molecule has 2 aromatic carbocycles. The van der Waals surface area contributed by atoms with Crippen molar-refractivity contribution in [2.75, 3.05) is 26.2 Å². The maximum absolute atomic E-state index is 12.5. The molecule has 5 heteroatoms. The number of carbonyl (C=O) groups excluding carboxylic acids is 1. The summed E-state index contributed by atoms with van der Waals surface area (Å²) in [5.41, 5.74) is 3.50. The zero-order valence-electron chi connectivity index (χ0n) is 16.3. The molecule has 1 aromatic heterocycles. The molecule has 146 valence electrons. The number of rotatable bonds is 6. The molecule has 1 saturated heterocycles. The number of nitrogens with one attached hydrogen (secondary N) is 1. The zero-order chi connectivity index (χ0) is 19.3. The van der Waals surface area contributed by atoms with E-state index in [9.17, 15) is 4.79 Å². The third-order valence-electron chi connectivity index (χ3n) is 5.32. The van der Waals surface area contributed by atoms with Crippen LogP contribution in [0.5, 0.6) is 0 Å². The zero-order valence-corrected chi connectivity index (χ0v) is 16.3. The fourth-order valence-electron chi connectivity index (χ4n) is 3.87. The first-order chi connectivity index (χ1) is 13.7. The number of morpholine rings is 1. The molecule has 0 saturated carbocycles. The molecule has 1 amide bonds. The van der Waals surface area contributed by atoms with Crippen LogP contribution in [0.15, 0.2) is 60.7 Å². The molecule has 2 heterocycles. The Morgan fingerprint density at radius 1 is 1.14 bits per heavy atom. The van der Waals surface area contributed by atoms with Crippen molar-refractivity contribution in [3.8, 4) is 0 Å². The van der Waals surface area contributed by atoms with E-state index in [-0.39, 0.29) is 12.0 Å². The van der Waals surface area contributed by atoms with Gasteiger partial charge >= 0.3 is 0 Å². The Morgan fingerprint density at radius 3 is 2.79 bits per heavy atom. The van der Waals surface area contributed by atoms with Crippen LogP contribution in [0.3, 0.4) is 0 Å². The lowest BCUT2D eigenvalue weighted by molar-refractivity contribution is -0.122. The van der Waals surface area contributed by atoms with Gasteiger partial charge in [0.05, 0.1) is 12.7 Å². The van der Waals surface area contributed by atoms with E-state index in [2.05, 4.69) is 57.2 Å². The second kappa shape index (κ2) is 8.59. The van der Waals surface area contributed by atoms with Gasteiger partial charge in [0, 0.05) is 37.4 Å². The molecular weight excluding hydrogens is 350 g/mol. The first-order valence-electron chi connectivity index (χ1n) is 9.88. The molecule has 0 bridgehead atoms. The van der Waals surface area contributed by atoms with E-state index in [1.807, 2.05) is 25.1 Å². The summed E-state index contributed by atoms with van der Waals surface area (Å²) in [5, 5.41) is 4.22. The number of aryl methyl sites for hydroxylation is 1. The van der Waals surface area contributed by atoms with Crippen molar-refractivity contribution in [3.63, 3.8) is 0 Å². The predicted octanol–water partition coefficient (Wildman–Crippen LogP) is 2.97. The van der Waals surface area contributed by atoms with Crippen LogP contribution in [0.25, 0.3) is 10.9 Å². The average Bonchev–Trinajstić information content (AvgIpc) is 3.03. The number of nitrogens with zero attached hydrogens (tertiary/aromatic N) is 2. The van der Waals surface area contributed by atoms with Crippen LogP contribution >= 0.6 is 0 Å². The molecule has 1 fully saturated rings. The molecular formula is C23H27N3O2. The second-order valence-corrected chi connectivity index (χ2v) is 7.45. The predicted molar refractivity (Wildman–Crippen MR) is 111 cm³/mol. The van der Waals surface area contributed by atoms with E-state index in [1.54, 1.807) is 0 Å². The Kier molecular flexibility index (Phi) is 5.74. The third-order valence-corrected chi connectivity index (χ3v) is 5.32. The highest BCUT2D eigenvalue weighted by Crippen LogP contribution is 2.19. The van der Waals surface area contributed by atoms with Crippen LogP contribution in [0, 0.1) is 6.92 Å². The highest BCUT2D eigenvalue weighted by Gasteiger charge is 2.21. The molecule has 1 N–H and O–H groups in total. The van der Waals surface area contributed by atoms with Crippen LogP contribution < -0.4 is 5.32 Å². The highest BCUT2D eigenvalue weighted by molar-refractivity contribution is 5.84. The van der Waals surface area contributed by atoms with Gasteiger partial charge in [-0.3, -0.25) is 9.69 Å². The Bertz CT molecular complexity index is 935. The van der Waals surface area contributed by atoms with Gasteiger partial charge in [0.25, 0.3) is 0 Å². The molecule has 3 aromatic rings. The van der Waals surface area contributed by atoms with Crippen molar-refractivity contribution in [1.29, 1.82) is 0 Å². The minimum atomic E-state index is 0.0215. The Hall–Kier alpha value is -2.63. The SMILES string of the molecule is Cc1cc2ccccc2n1CC(=O)NC[C@H]1CN(Cc2ccccc2)CCO1. The maximum atomic E-state index is 12.5. The normalized spacial score (nSPS) is 17.7. The van der Waals surface area contributed by atoms with Crippen molar-refractivity contribution >= 4 is 16.8 Å². The van der Waals surface area contributed by atoms with Gasteiger partial charge in [-0.05, 0) is 30.0 Å². The lowest BCUT2D eigenvalue weighted by Crippen LogP contribution is -2.47. The Morgan fingerprint density at radius 2 is 1.93 bits per heavy atom. The molecule has 28 heavy (non-hydrogen) atoms. The van der Waals surface area contributed by atoms with E-state index in [4.69, 9.17) is 4.74 Å². The smallest absolute Gasteiger partial charge is 0.240 e. The molecule has 1 aliphatic heterocycles. The number of fused-ring (bicyclic) bond motifs is 1. The number of benzene rings is 2. The summed E-state index contributed by atoms with van der Waals surface area (Å²) in [6, 6.07) is 20.8. The van der Waals surface area contributed by atoms with Crippen molar-refractivity contribution in [2.24, 2.45) is 0 Å². The molecule has 0 spiro atoms. The largest absolute Gasteiger partial charge is 0.374 e. The van der Waals surface area contributed by atoms with Crippen LogP contribution in [0.1, 0.15) is 11.3 Å². The van der Waals surface area contributed by atoms with Gasteiger partial charge in [0.2, 0.25) is 5.91 Å². The summed E-state index contributed by atoms with van der Waals surface area (Å²) < 4.78 is 7.93. The quantitative estimate of drug-likeness (QED) is 0.718. The van der Waals surface area contributed by atoms with Crippen LogP contribution in [0.4, 0.5) is 0 Å². The lowest BCUT2D eigenvalue weighted by atomic mass is 10.2. The molecule has 0 unspecified atom stereocenters. The molecule has 1 aliphatic rings. The van der Waals surface area contributed by atoms with Gasteiger partial charge in [0.15, 0.2) is 0 Å². The van der Waals surface area contributed by atoms with E-state index in [0.29, 0.717) is 19.7 Å². The minimum absolute atomic E-state index is 0.0215. The number of amides is 1. The molecule has 4 rings (SSSR count). The Labute approximate surface area is 165 Å². The molecule has 5 nitrogen and oxygen atoms in total. The summed E-state index contributed by atoms with van der Waals surface area (Å²) in [6.07, 6.45) is 0.0314. The number of hydrogen-bond acceptors (Lipinski definition) is 3. The van der Waals surface area contributed by atoms with Gasteiger partial charge in [-0.2, -0.15) is 0 Å². The fourth-order valence-corrected chi connectivity index (χ4v) is 3.87. The first kappa shape index (κ1) is 18.7. The topological polar surface area (TPSA) is 46.5 Å². The standard InChI is InChI=1S/C23H27N3O2/c1-18-13-20-9-5-6-10-22(20)26(18)17-23(27)24-14-21-16-25(11-12-28-21)15-19-7-3-2-4-8-19/h2-10,13,21H,11-12,14-17H2,1H3,(H,24,27)/t21-/m0/s1. The monoisotopic (exact) mass is 377 g/mol. The first-order valence-corrected chi connectivity index (χ1v) is 9.88. The lowest BCUT2D eigenvalue weighted by Gasteiger charge is -2.33. The highest BCUT2D eigenvalue weighted by atomic mass is 16.5. The van der Waals surface area contributed by atoms with Crippen molar-refractivity contribution in [3.05, 3.63) is 71.9 Å². The number of para-hydroxylation sites is 1. The van der Waals surface area contributed by atoms with Crippen LogP contribution in [0.2, 0.25) is 0 Å². The number of ether oxygens (including phenoxy) is 1. The number of hydrogen-bond donors (Lipinski definition) is 1. The summed E-state index contributed by atoms with van der Waals surface area (Å²) in [4.78, 5) is 14.9. The summed E-state index contributed by atoms with van der Waals surface area (Å²) >= 11 is 0. The fraction of sp³-hybridized carbons (Fsp3) is 0.348. The molecule has 0 radical (unpaired) electrons. The minimum Gasteiger partial charge on any atom is -0.374 e. The van der Waals surface area contributed by atoms with E-state index in [0.717, 1.165) is 30.8 Å². The summed E-state index contributed by atoms with van der Waals surface area (Å²) in [5.74, 6) is 0.0215. The second-order valence-electron chi connectivity index (χ2n) is 7.45. The van der Waals surface area contributed by atoms with Crippen LogP contribution in [-0.2, 0) is 22.6 Å².